The molecule has 1 aromatic carbocycles. The zero-order valence-corrected chi connectivity index (χ0v) is 14.7. The zero-order chi connectivity index (χ0) is 17.5. The number of carbonyl (C=O) groups is 2. The van der Waals surface area contributed by atoms with Crippen molar-refractivity contribution in [1.82, 2.24) is 14.7 Å². The van der Waals surface area contributed by atoms with E-state index in [0.717, 1.165) is 25.9 Å². The molecule has 0 saturated carbocycles. The molecule has 2 aliphatic rings. The maximum atomic E-state index is 12.5. The molecule has 0 atom stereocenters. The van der Waals surface area contributed by atoms with Gasteiger partial charge in [-0.3, -0.25) is 9.69 Å². The van der Waals surface area contributed by atoms with Crippen molar-refractivity contribution < 1.29 is 14.3 Å². The standard InChI is InChI=1S/C19H27N3O3/c23-18(21-10-6-1-2-7-11-21)16-20-12-14-22(15-13-20)19(24)25-17-8-4-3-5-9-17/h3-5,8-9H,1-2,6-7,10-16H2. The van der Waals surface area contributed by atoms with Crippen molar-refractivity contribution in [1.29, 1.82) is 0 Å². The van der Waals surface area contributed by atoms with Gasteiger partial charge in [-0.25, -0.2) is 4.79 Å². The first-order chi connectivity index (χ1) is 12.2. The largest absolute Gasteiger partial charge is 0.415 e. The van der Waals surface area contributed by atoms with Crippen LogP contribution in [-0.4, -0.2) is 72.5 Å². The molecule has 0 unspecified atom stereocenters. The predicted molar refractivity (Wildman–Crippen MR) is 95.5 cm³/mol. The molecule has 2 saturated heterocycles. The summed E-state index contributed by atoms with van der Waals surface area (Å²) in [6, 6.07) is 9.11. The quantitative estimate of drug-likeness (QED) is 0.843. The third-order valence-electron chi connectivity index (χ3n) is 4.90. The third kappa shape index (κ3) is 5.19. The summed E-state index contributed by atoms with van der Waals surface area (Å²) in [6.45, 7) is 4.86. The Labute approximate surface area is 149 Å². The van der Waals surface area contributed by atoms with Crippen LogP contribution < -0.4 is 4.74 Å². The average Bonchev–Trinajstić information content (AvgIpc) is 2.92. The van der Waals surface area contributed by atoms with E-state index in [2.05, 4.69) is 4.90 Å². The van der Waals surface area contributed by atoms with Crippen LogP contribution in [0.25, 0.3) is 0 Å². The topological polar surface area (TPSA) is 53.1 Å². The molecule has 6 nitrogen and oxygen atoms in total. The molecule has 0 N–H and O–H groups in total. The fraction of sp³-hybridized carbons (Fsp3) is 0.579. The van der Waals surface area contributed by atoms with Crippen LogP contribution in [0.15, 0.2) is 30.3 Å². The number of rotatable bonds is 3. The highest BCUT2D eigenvalue weighted by Gasteiger charge is 2.25. The van der Waals surface area contributed by atoms with Crippen molar-refractivity contribution in [3.8, 4) is 5.75 Å². The van der Waals surface area contributed by atoms with Gasteiger partial charge in [0.05, 0.1) is 6.54 Å². The second kappa shape index (κ2) is 8.85. The van der Waals surface area contributed by atoms with Gasteiger partial charge >= 0.3 is 6.09 Å². The highest BCUT2D eigenvalue weighted by molar-refractivity contribution is 5.78. The first kappa shape index (κ1) is 17.7. The lowest BCUT2D eigenvalue weighted by Gasteiger charge is -2.34. The molecule has 2 aliphatic heterocycles. The Kier molecular flexibility index (Phi) is 6.28. The van der Waals surface area contributed by atoms with Gasteiger partial charge in [-0.15, -0.1) is 0 Å². The van der Waals surface area contributed by atoms with Crippen molar-refractivity contribution in [2.45, 2.75) is 25.7 Å². The van der Waals surface area contributed by atoms with Gasteiger partial charge in [-0.1, -0.05) is 31.0 Å². The van der Waals surface area contributed by atoms with Gasteiger partial charge in [-0.2, -0.15) is 0 Å². The van der Waals surface area contributed by atoms with Crippen LogP contribution in [0.5, 0.6) is 5.75 Å². The van der Waals surface area contributed by atoms with Crippen LogP contribution in [-0.2, 0) is 4.79 Å². The first-order valence-corrected chi connectivity index (χ1v) is 9.24. The van der Waals surface area contributed by atoms with Crippen LogP contribution >= 0.6 is 0 Å². The number of hydrogen-bond acceptors (Lipinski definition) is 4. The van der Waals surface area contributed by atoms with Crippen LogP contribution in [0.3, 0.4) is 0 Å². The lowest BCUT2D eigenvalue weighted by atomic mass is 10.2. The van der Waals surface area contributed by atoms with E-state index in [4.69, 9.17) is 4.74 Å². The van der Waals surface area contributed by atoms with Crippen molar-refractivity contribution >= 4 is 12.0 Å². The molecule has 0 bridgehead atoms. The van der Waals surface area contributed by atoms with Crippen molar-refractivity contribution in [2.75, 3.05) is 45.8 Å². The number of hydrogen-bond donors (Lipinski definition) is 0. The minimum Gasteiger partial charge on any atom is -0.410 e. The molecule has 1 aromatic rings. The summed E-state index contributed by atoms with van der Waals surface area (Å²) in [5.74, 6) is 0.786. The van der Waals surface area contributed by atoms with E-state index in [-0.39, 0.29) is 12.0 Å². The smallest absolute Gasteiger partial charge is 0.410 e. The molecule has 2 fully saturated rings. The predicted octanol–water partition coefficient (Wildman–Crippen LogP) is 2.21. The summed E-state index contributed by atoms with van der Waals surface area (Å²) in [5.41, 5.74) is 0. The van der Waals surface area contributed by atoms with Crippen LogP contribution in [0.2, 0.25) is 0 Å². The van der Waals surface area contributed by atoms with Crippen molar-refractivity contribution in [3.05, 3.63) is 30.3 Å². The van der Waals surface area contributed by atoms with E-state index < -0.39 is 0 Å². The Balaban J connectivity index is 1.42. The minimum absolute atomic E-state index is 0.224. The zero-order valence-electron chi connectivity index (χ0n) is 14.7. The van der Waals surface area contributed by atoms with Gasteiger partial charge in [0.25, 0.3) is 0 Å². The van der Waals surface area contributed by atoms with Crippen molar-refractivity contribution in [3.63, 3.8) is 0 Å². The van der Waals surface area contributed by atoms with E-state index in [1.54, 1.807) is 17.0 Å². The maximum absolute atomic E-state index is 12.5. The van der Waals surface area contributed by atoms with E-state index in [1.807, 2.05) is 23.1 Å². The molecule has 0 spiro atoms. The average molecular weight is 345 g/mol. The van der Waals surface area contributed by atoms with Gasteiger partial charge in [-0.05, 0) is 25.0 Å². The Morgan fingerprint density at radius 2 is 1.44 bits per heavy atom. The monoisotopic (exact) mass is 345 g/mol. The Morgan fingerprint density at radius 1 is 0.800 bits per heavy atom. The van der Waals surface area contributed by atoms with Gasteiger partial charge in [0.15, 0.2) is 0 Å². The molecular formula is C19H27N3O3. The van der Waals surface area contributed by atoms with Gasteiger partial charge in [0.1, 0.15) is 5.75 Å². The number of likely N-dealkylation sites (tertiary alicyclic amines) is 1. The minimum atomic E-state index is -0.315. The number of ether oxygens (including phenoxy) is 1. The Morgan fingerprint density at radius 3 is 2.08 bits per heavy atom. The molecule has 6 heteroatoms. The molecule has 25 heavy (non-hydrogen) atoms. The molecule has 0 radical (unpaired) electrons. The highest BCUT2D eigenvalue weighted by atomic mass is 16.6. The number of nitrogens with zero attached hydrogens (tertiary/aromatic N) is 3. The fourth-order valence-electron chi connectivity index (χ4n) is 3.35. The van der Waals surface area contributed by atoms with Gasteiger partial charge < -0.3 is 14.5 Å². The normalized spacial score (nSPS) is 19.4. The third-order valence-corrected chi connectivity index (χ3v) is 4.90. The maximum Gasteiger partial charge on any atom is 0.415 e. The van der Waals surface area contributed by atoms with E-state index >= 15 is 0 Å². The number of carbonyl (C=O) groups excluding carboxylic acids is 2. The molecule has 136 valence electrons. The van der Waals surface area contributed by atoms with Crippen LogP contribution in [0.1, 0.15) is 25.7 Å². The van der Waals surface area contributed by atoms with Gasteiger partial charge in [0.2, 0.25) is 5.91 Å². The lowest BCUT2D eigenvalue weighted by Crippen LogP contribution is -2.52. The molecular weight excluding hydrogens is 318 g/mol. The van der Waals surface area contributed by atoms with Crippen LogP contribution in [0.4, 0.5) is 4.79 Å². The van der Waals surface area contributed by atoms with Crippen LogP contribution in [0, 0.1) is 0 Å². The summed E-state index contributed by atoms with van der Waals surface area (Å²) in [7, 11) is 0. The summed E-state index contributed by atoms with van der Waals surface area (Å²) >= 11 is 0. The SMILES string of the molecule is O=C(CN1CCN(C(=O)Oc2ccccc2)CC1)N1CCCCCC1. The summed E-state index contributed by atoms with van der Waals surface area (Å²) in [6.07, 6.45) is 4.37. The number of para-hydroxylation sites is 1. The summed E-state index contributed by atoms with van der Waals surface area (Å²) < 4.78 is 5.37. The van der Waals surface area contributed by atoms with Crippen molar-refractivity contribution in [2.24, 2.45) is 0 Å². The molecule has 0 aromatic heterocycles. The molecule has 3 rings (SSSR count). The van der Waals surface area contributed by atoms with E-state index in [1.165, 1.54) is 12.8 Å². The number of piperazine rings is 1. The first-order valence-electron chi connectivity index (χ1n) is 9.24. The second-order valence-corrected chi connectivity index (χ2v) is 6.74. The molecule has 2 heterocycles. The van der Waals surface area contributed by atoms with E-state index in [0.29, 0.717) is 38.5 Å². The second-order valence-electron chi connectivity index (χ2n) is 6.74. The fourth-order valence-corrected chi connectivity index (χ4v) is 3.35. The van der Waals surface area contributed by atoms with Gasteiger partial charge in [0, 0.05) is 39.3 Å². The number of benzene rings is 1. The van der Waals surface area contributed by atoms with E-state index in [9.17, 15) is 9.59 Å². The summed E-state index contributed by atoms with van der Waals surface area (Å²) in [4.78, 5) is 30.5. The molecule has 0 aliphatic carbocycles. The lowest BCUT2D eigenvalue weighted by molar-refractivity contribution is -0.132. The molecule has 2 amide bonds. The Hall–Kier alpha value is -2.08. The summed E-state index contributed by atoms with van der Waals surface area (Å²) in [5, 5.41) is 0. The highest BCUT2D eigenvalue weighted by Crippen LogP contribution is 2.13. The Bertz CT molecular complexity index is 563. The number of amides is 2.